The predicted octanol–water partition coefficient (Wildman–Crippen LogP) is 0.956. The van der Waals surface area contributed by atoms with Crippen LogP contribution >= 0.6 is 0 Å². The van der Waals surface area contributed by atoms with Gasteiger partial charge in [-0.2, -0.15) is 0 Å². The van der Waals surface area contributed by atoms with Gasteiger partial charge in [0.1, 0.15) is 11.4 Å². The Balaban J connectivity index is 0.000000240. The number of carboxylic acid groups (broad SMARTS) is 4. The van der Waals surface area contributed by atoms with Gasteiger partial charge in [-0.25, -0.2) is 29.1 Å². The van der Waals surface area contributed by atoms with Gasteiger partial charge in [0.2, 0.25) is 0 Å². The van der Waals surface area contributed by atoms with E-state index in [1.165, 1.54) is 12.1 Å². The van der Waals surface area contributed by atoms with Gasteiger partial charge < -0.3 is 20.4 Å². The highest BCUT2D eigenvalue weighted by Crippen LogP contribution is 2.00. The van der Waals surface area contributed by atoms with Crippen molar-refractivity contribution in [1.29, 1.82) is 0 Å². The van der Waals surface area contributed by atoms with Crippen LogP contribution in [0.25, 0.3) is 0 Å². The molecule has 0 saturated heterocycles. The lowest BCUT2D eigenvalue weighted by molar-refractivity contribution is 0.0675. The van der Waals surface area contributed by atoms with Crippen molar-refractivity contribution in [3.8, 4) is 0 Å². The Kier molecular flexibility index (Phi) is 6.06. The molecule has 24 heavy (non-hydrogen) atoms. The molecule has 4 N–H and O–H groups in total. The van der Waals surface area contributed by atoms with E-state index in [1.54, 1.807) is 0 Å². The molecular formula is C14H10N2O8. The van der Waals surface area contributed by atoms with E-state index in [-0.39, 0.29) is 22.5 Å². The molecule has 10 heteroatoms. The van der Waals surface area contributed by atoms with E-state index in [4.69, 9.17) is 20.4 Å². The molecule has 0 amide bonds. The van der Waals surface area contributed by atoms with Crippen LogP contribution in [-0.2, 0) is 0 Å². The quantitative estimate of drug-likeness (QED) is 0.629. The minimum Gasteiger partial charge on any atom is -0.478 e. The molecule has 0 atom stereocenters. The molecular weight excluding hydrogens is 324 g/mol. The van der Waals surface area contributed by atoms with E-state index in [1.807, 2.05) is 0 Å². The fourth-order valence-corrected chi connectivity index (χ4v) is 1.29. The predicted molar refractivity (Wildman–Crippen MR) is 76.3 cm³/mol. The summed E-state index contributed by atoms with van der Waals surface area (Å²) in [6.07, 6.45) is 2.01. The highest BCUT2D eigenvalue weighted by molar-refractivity contribution is 5.90. The fourth-order valence-electron chi connectivity index (χ4n) is 1.29. The Bertz CT molecular complexity index is 635. The molecule has 2 rings (SSSR count). The van der Waals surface area contributed by atoms with E-state index in [0.29, 0.717) is 0 Å². The second-order valence-electron chi connectivity index (χ2n) is 4.08. The monoisotopic (exact) mass is 334 g/mol. The van der Waals surface area contributed by atoms with E-state index >= 15 is 0 Å². The number of pyridine rings is 2. The average Bonchev–Trinajstić information content (AvgIpc) is 2.55. The van der Waals surface area contributed by atoms with Crippen LogP contribution in [-0.4, -0.2) is 54.3 Å². The standard InChI is InChI=1S/2C7H5NO4/c2*9-6(10)4-1-2-5(7(11)12)8-3-4/h2*1-3H,(H,9,10)(H,11,12). The average molecular weight is 334 g/mol. The number of rotatable bonds is 4. The molecule has 10 nitrogen and oxygen atoms in total. The maximum Gasteiger partial charge on any atom is 0.354 e. The SMILES string of the molecule is O=C(O)c1ccc(C(=O)O)nc1.O=C(O)c1ccc(C(=O)O)nc1. The van der Waals surface area contributed by atoms with Crippen LogP contribution in [0.15, 0.2) is 36.7 Å². The lowest BCUT2D eigenvalue weighted by atomic mass is 10.2. The summed E-state index contributed by atoms with van der Waals surface area (Å²) in [5, 5.41) is 33.7. The molecule has 0 unspecified atom stereocenters. The molecule has 0 bridgehead atoms. The number of hydrogen-bond donors (Lipinski definition) is 4. The first kappa shape index (κ1) is 18.2. The summed E-state index contributed by atoms with van der Waals surface area (Å²) < 4.78 is 0. The minimum atomic E-state index is -1.17. The number of carbonyl (C=O) groups is 4. The summed E-state index contributed by atoms with van der Waals surface area (Å²) in [6.45, 7) is 0. The number of carboxylic acids is 4. The zero-order valence-electron chi connectivity index (χ0n) is 11.8. The molecule has 0 spiro atoms. The normalized spacial score (nSPS) is 9.33. The van der Waals surface area contributed by atoms with Crippen molar-refractivity contribution in [3.63, 3.8) is 0 Å². The van der Waals surface area contributed by atoms with Gasteiger partial charge in [0.25, 0.3) is 0 Å². The maximum absolute atomic E-state index is 10.3. The van der Waals surface area contributed by atoms with Crippen molar-refractivity contribution < 1.29 is 39.6 Å². The summed E-state index contributed by atoms with van der Waals surface area (Å²) in [6, 6.07) is 4.68. The second-order valence-corrected chi connectivity index (χ2v) is 4.08. The molecule has 2 heterocycles. The molecule has 0 aromatic carbocycles. The third kappa shape index (κ3) is 5.18. The van der Waals surface area contributed by atoms with Crippen LogP contribution in [0.5, 0.6) is 0 Å². The van der Waals surface area contributed by atoms with Crippen LogP contribution in [0, 0.1) is 0 Å². The van der Waals surface area contributed by atoms with Gasteiger partial charge in [-0.1, -0.05) is 0 Å². The molecule has 0 aliphatic carbocycles. The molecule has 0 radical (unpaired) electrons. The Labute approximate surface area is 133 Å². The first-order valence-electron chi connectivity index (χ1n) is 6.07. The number of hydrogen-bond acceptors (Lipinski definition) is 6. The van der Waals surface area contributed by atoms with Crippen molar-refractivity contribution in [2.24, 2.45) is 0 Å². The summed E-state index contributed by atoms with van der Waals surface area (Å²) in [4.78, 5) is 48.0. The van der Waals surface area contributed by atoms with Gasteiger partial charge in [-0.3, -0.25) is 0 Å². The highest BCUT2D eigenvalue weighted by atomic mass is 16.4. The zero-order valence-corrected chi connectivity index (χ0v) is 11.8. The number of nitrogens with zero attached hydrogens (tertiary/aromatic N) is 2. The lowest BCUT2D eigenvalue weighted by Gasteiger charge is -1.93. The van der Waals surface area contributed by atoms with Crippen LogP contribution in [0.2, 0.25) is 0 Å². The third-order valence-electron chi connectivity index (χ3n) is 2.46. The summed E-state index contributed by atoms with van der Waals surface area (Å²) >= 11 is 0. The van der Waals surface area contributed by atoms with Crippen molar-refractivity contribution in [3.05, 3.63) is 59.2 Å². The first-order valence-corrected chi connectivity index (χ1v) is 6.07. The van der Waals surface area contributed by atoms with Crippen molar-refractivity contribution in [1.82, 2.24) is 9.97 Å². The largest absolute Gasteiger partial charge is 0.478 e. The topological polar surface area (TPSA) is 175 Å². The van der Waals surface area contributed by atoms with E-state index in [9.17, 15) is 19.2 Å². The summed E-state index contributed by atoms with van der Waals surface area (Å²) in [7, 11) is 0. The van der Waals surface area contributed by atoms with Crippen LogP contribution in [0.3, 0.4) is 0 Å². The molecule has 0 fully saturated rings. The van der Waals surface area contributed by atoms with E-state index in [2.05, 4.69) is 9.97 Å². The van der Waals surface area contributed by atoms with Crippen molar-refractivity contribution >= 4 is 23.9 Å². The molecule has 0 aliphatic heterocycles. The Morgan fingerprint density at radius 2 is 0.917 bits per heavy atom. The van der Waals surface area contributed by atoms with Crippen molar-refractivity contribution in [2.75, 3.05) is 0 Å². The highest BCUT2D eigenvalue weighted by Gasteiger charge is 2.07. The van der Waals surface area contributed by atoms with Crippen LogP contribution in [0.1, 0.15) is 41.7 Å². The molecule has 2 aromatic rings. The van der Waals surface area contributed by atoms with Gasteiger partial charge in [-0.05, 0) is 24.3 Å². The van der Waals surface area contributed by atoms with Gasteiger partial charge in [0.15, 0.2) is 0 Å². The van der Waals surface area contributed by atoms with Gasteiger partial charge in [0, 0.05) is 12.4 Å². The zero-order chi connectivity index (χ0) is 18.3. The first-order chi connectivity index (χ1) is 11.2. The van der Waals surface area contributed by atoms with Crippen molar-refractivity contribution in [2.45, 2.75) is 0 Å². The van der Waals surface area contributed by atoms with E-state index < -0.39 is 23.9 Å². The molecule has 124 valence electrons. The molecule has 0 aliphatic rings. The number of aromatic carboxylic acids is 4. The Hall–Kier alpha value is -3.82. The smallest absolute Gasteiger partial charge is 0.354 e. The lowest BCUT2D eigenvalue weighted by Crippen LogP contribution is -2.02. The van der Waals surface area contributed by atoms with Gasteiger partial charge >= 0.3 is 23.9 Å². The molecule has 0 saturated carbocycles. The van der Waals surface area contributed by atoms with E-state index in [0.717, 1.165) is 24.5 Å². The van der Waals surface area contributed by atoms with Gasteiger partial charge in [0.05, 0.1) is 11.1 Å². The summed E-state index contributed by atoms with van der Waals surface area (Å²) in [5.41, 5.74) is -0.389. The van der Waals surface area contributed by atoms with Crippen LogP contribution in [0.4, 0.5) is 0 Å². The Morgan fingerprint density at radius 3 is 1.08 bits per heavy atom. The number of aromatic nitrogens is 2. The fraction of sp³-hybridized carbons (Fsp3) is 0. The summed E-state index contributed by atoms with van der Waals surface area (Å²) in [5.74, 6) is -4.60. The van der Waals surface area contributed by atoms with Crippen LogP contribution < -0.4 is 0 Å². The molecule has 2 aromatic heterocycles. The maximum atomic E-state index is 10.3. The second kappa shape index (κ2) is 7.98. The minimum absolute atomic E-state index is 0.0278. The Morgan fingerprint density at radius 1 is 0.583 bits per heavy atom. The third-order valence-corrected chi connectivity index (χ3v) is 2.46. The van der Waals surface area contributed by atoms with Gasteiger partial charge in [-0.15, -0.1) is 0 Å².